The molecular formula is C14H18N4O2. The zero-order valence-corrected chi connectivity index (χ0v) is 11.5. The fourth-order valence-electron chi connectivity index (χ4n) is 1.68. The molecule has 1 aromatic heterocycles. The van der Waals surface area contributed by atoms with Gasteiger partial charge < -0.3 is 10.1 Å². The van der Waals surface area contributed by atoms with E-state index in [-0.39, 0.29) is 0 Å². The average molecular weight is 274 g/mol. The van der Waals surface area contributed by atoms with Gasteiger partial charge in [0.15, 0.2) is 11.9 Å². The van der Waals surface area contributed by atoms with E-state index in [1.54, 1.807) is 0 Å². The topological polar surface area (TPSA) is 79.9 Å². The monoisotopic (exact) mass is 274 g/mol. The third-order valence-electron chi connectivity index (χ3n) is 2.65. The van der Waals surface area contributed by atoms with Crippen LogP contribution in [0.2, 0.25) is 0 Å². The number of H-pyrrole nitrogens is 1. The summed E-state index contributed by atoms with van der Waals surface area (Å²) in [5, 5.41) is 9.35. The van der Waals surface area contributed by atoms with Crippen LogP contribution < -0.4 is 5.32 Å². The molecule has 20 heavy (non-hydrogen) atoms. The number of aromatic nitrogens is 3. The Labute approximate surface area is 117 Å². The molecule has 0 saturated heterocycles. The lowest BCUT2D eigenvalue weighted by molar-refractivity contribution is 0.112. The number of rotatable bonds is 5. The van der Waals surface area contributed by atoms with Crippen molar-refractivity contribution < 1.29 is 9.53 Å². The summed E-state index contributed by atoms with van der Waals surface area (Å²) in [6.45, 7) is 4.60. The van der Waals surface area contributed by atoms with E-state index in [1.165, 1.54) is 6.33 Å². The SMILES string of the molecule is CC(C)CNC(=O)OC(c1ccccc1)c1nc[nH]n1. The Bertz CT molecular complexity index is 525. The number of nitrogens with zero attached hydrogens (tertiary/aromatic N) is 2. The summed E-state index contributed by atoms with van der Waals surface area (Å²) in [5.41, 5.74) is 0.826. The van der Waals surface area contributed by atoms with Crippen molar-refractivity contribution in [1.82, 2.24) is 20.5 Å². The molecule has 0 radical (unpaired) electrons. The maximum Gasteiger partial charge on any atom is 0.408 e. The van der Waals surface area contributed by atoms with Crippen LogP contribution in [-0.4, -0.2) is 27.8 Å². The zero-order valence-electron chi connectivity index (χ0n) is 11.5. The van der Waals surface area contributed by atoms with E-state index in [9.17, 15) is 4.79 Å². The van der Waals surface area contributed by atoms with E-state index in [0.717, 1.165) is 5.56 Å². The molecule has 2 rings (SSSR count). The van der Waals surface area contributed by atoms with Crippen LogP contribution in [0.15, 0.2) is 36.7 Å². The second-order valence-corrected chi connectivity index (χ2v) is 4.83. The van der Waals surface area contributed by atoms with Crippen LogP contribution in [0.5, 0.6) is 0 Å². The summed E-state index contributed by atoms with van der Waals surface area (Å²) >= 11 is 0. The maximum atomic E-state index is 11.8. The molecule has 2 aromatic rings. The predicted molar refractivity (Wildman–Crippen MR) is 74.0 cm³/mol. The van der Waals surface area contributed by atoms with Gasteiger partial charge in [0, 0.05) is 12.1 Å². The molecule has 0 spiro atoms. The van der Waals surface area contributed by atoms with E-state index in [1.807, 2.05) is 44.2 Å². The number of hydrogen-bond acceptors (Lipinski definition) is 4. The first-order chi connectivity index (χ1) is 9.66. The Balaban J connectivity index is 2.10. The Morgan fingerprint density at radius 2 is 2.10 bits per heavy atom. The molecule has 1 unspecified atom stereocenters. The van der Waals surface area contributed by atoms with E-state index in [2.05, 4.69) is 20.5 Å². The van der Waals surface area contributed by atoms with Gasteiger partial charge in [-0.05, 0) is 5.92 Å². The number of ether oxygens (including phenoxy) is 1. The van der Waals surface area contributed by atoms with Gasteiger partial charge in [0.2, 0.25) is 0 Å². The van der Waals surface area contributed by atoms with Gasteiger partial charge in [0.25, 0.3) is 0 Å². The minimum absolute atomic E-state index is 0.362. The summed E-state index contributed by atoms with van der Waals surface area (Å²) in [6.07, 6.45) is 0.368. The minimum atomic E-state index is -0.616. The van der Waals surface area contributed by atoms with E-state index in [0.29, 0.717) is 18.3 Å². The molecule has 1 amide bonds. The van der Waals surface area contributed by atoms with Crippen LogP contribution in [0.25, 0.3) is 0 Å². The van der Waals surface area contributed by atoms with Crippen LogP contribution in [0.1, 0.15) is 31.3 Å². The molecule has 0 fully saturated rings. The number of hydrogen-bond donors (Lipinski definition) is 2. The number of amides is 1. The molecule has 0 saturated carbocycles. The number of benzene rings is 1. The number of carbonyl (C=O) groups excluding carboxylic acids is 1. The summed E-state index contributed by atoms with van der Waals surface area (Å²) in [6, 6.07) is 9.40. The van der Waals surface area contributed by atoms with Crippen molar-refractivity contribution >= 4 is 6.09 Å². The van der Waals surface area contributed by atoms with Gasteiger partial charge in [-0.3, -0.25) is 5.10 Å². The number of carbonyl (C=O) groups is 1. The lowest BCUT2D eigenvalue weighted by atomic mass is 10.1. The van der Waals surface area contributed by atoms with Crippen LogP contribution in [0, 0.1) is 5.92 Å². The van der Waals surface area contributed by atoms with Crippen molar-refractivity contribution in [2.45, 2.75) is 20.0 Å². The minimum Gasteiger partial charge on any atom is -0.433 e. The zero-order chi connectivity index (χ0) is 14.4. The standard InChI is InChI=1S/C14H18N4O2/c1-10(2)8-15-14(19)20-12(13-16-9-17-18-13)11-6-4-3-5-7-11/h3-7,9-10,12H,8H2,1-2H3,(H,15,19)(H,16,17,18). The number of aromatic amines is 1. The molecule has 2 N–H and O–H groups in total. The van der Waals surface area contributed by atoms with Gasteiger partial charge in [-0.2, -0.15) is 5.10 Å². The van der Waals surface area contributed by atoms with Gasteiger partial charge in [0.1, 0.15) is 6.33 Å². The second-order valence-electron chi connectivity index (χ2n) is 4.83. The molecular weight excluding hydrogens is 256 g/mol. The third kappa shape index (κ3) is 3.81. The fourth-order valence-corrected chi connectivity index (χ4v) is 1.68. The van der Waals surface area contributed by atoms with Crippen molar-refractivity contribution in [3.05, 3.63) is 48.0 Å². The van der Waals surface area contributed by atoms with E-state index < -0.39 is 12.2 Å². The van der Waals surface area contributed by atoms with Crippen LogP contribution in [-0.2, 0) is 4.74 Å². The number of nitrogens with one attached hydrogen (secondary N) is 2. The van der Waals surface area contributed by atoms with Crippen LogP contribution in [0.3, 0.4) is 0 Å². The molecule has 1 atom stereocenters. The molecule has 6 heteroatoms. The third-order valence-corrected chi connectivity index (χ3v) is 2.65. The lowest BCUT2D eigenvalue weighted by Crippen LogP contribution is -2.29. The van der Waals surface area contributed by atoms with Crippen LogP contribution in [0.4, 0.5) is 4.79 Å². The Morgan fingerprint density at radius 3 is 2.70 bits per heavy atom. The van der Waals surface area contributed by atoms with Gasteiger partial charge >= 0.3 is 6.09 Å². The normalized spacial score (nSPS) is 12.2. The molecule has 0 aliphatic heterocycles. The highest BCUT2D eigenvalue weighted by molar-refractivity contribution is 5.67. The first kappa shape index (κ1) is 14.0. The summed E-state index contributed by atoms with van der Waals surface area (Å²) in [5.74, 6) is 0.789. The molecule has 0 bridgehead atoms. The average Bonchev–Trinajstić information content (AvgIpc) is 2.97. The largest absolute Gasteiger partial charge is 0.433 e. The van der Waals surface area contributed by atoms with Crippen molar-refractivity contribution in [3.63, 3.8) is 0 Å². The highest BCUT2D eigenvalue weighted by Gasteiger charge is 2.22. The highest BCUT2D eigenvalue weighted by Crippen LogP contribution is 2.22. The predicted octanol–water partition coefficient (Wildman–Crippen LogP) is 2.28. The fraction of sp³-hybridized carbons (Fsp3) is 0.357. The first-order valence-electron chi connectivity index (χ1n) is 6.52. The second kappa shape index (κ2) is 6.70. The van der Waals surface area contributed by atoms with Gasteiger partial charge in [-0.15, -0.1) is 0 Å². The Hall–Kier alpha value is -2.37. The van der Waals surface area contributed by atoms with Gasteiger partial charge in [0.05, 0.1) is 0 Å². The van der Waals surface area contributed by atoms with E-state index >= 15 is 0 Å². The molecule has 0 aliphatic rings. The quantitative estimate of drug-likeness (QED) is 0.876. The van der Waals surface area contributed by atoms with Crippen molar-refractivity contribution in [2.24, 2.45) is 5.92 Å². The number of alkyl carbamates (subject to hydrolysis) is 1. The molecule has 1 heterocycles. The summed E-state index contributed by atoms with van der Waals surface area (Å²) in [4.78, 5) is 15.9. The molecule has 0 aliphatic carbocycles. The highest BCUT2D eigenvalue weighted by atomic mass is 16.6. The molecule has 106 valence electrons. The molecule has 1 aromatic carbocycles. The smallest absolute Gasteiger partial charge is 0.408 e. The summed E-state index contributed by atoms with van der Waals surface area (Å²) in [7, 11) is 0. The van der Waals surface area contributed by atoms with Crippen molar-refractivity contribution in [1.29, 1.82) is 0 Å². The van der Waals surface area contributed by atoms with Gasteiger partial charge in [-0.25, -0.2) is 9.78 Å². The Morgan fingerprint density at radius 1 is 1.35 bits per heavy atom. The Kier molecular flexibility index (Phi) is 4.70. The van der Waals surface area contributed by atoms with Gasteiger partial charge in [-0.1, -0.05) is 44.2 Å². The lowest BCUT2D eigenvalue weighted by Gasteiger charge is -2.16. The maximum absolute atomic E-state index is 11.8. The first-order valence-corrected chi connectivity index (χ1v) is 6.52. The van der Waals surface area contributed by atoms with Crippen LogP contribution >= 0.6 is 0 Å². The summed E-state index contributed by atoms with van der Waals surface area (Å²) < 4.78 is 5.44. The van der Waals surface area contributed by atoms with Crippen molar-refractivity contribution in [3.8, 4) is 0 Å². The van der Waals surface area contributed by atoms with E-state index in [4.69, 9.17) is 4.74 Å². The molecule has 6 nitrogen and oxygen atoms in total. The van der Waals surface area contributed by atoms with Crippen molar-refractivity contribution in [2.75, 3.05) is 6.54 Å².